The Labute approximate surface area is 217 Å². The Morgan fingerprint density at radius 1 is 0.757 bits per heavy atom. The van der Waals surface area contributed by atoms with Gasteiger partial charge in [-0.15, -0.1) is 0 Å². The van der Waals surface area contributed by atoms with Crippen LogP contribution in [0.5, 0.6) is 5.75 Å². The first-order valence-corrected chi connectivity index (χ1v) is 13.3. The van der Waals surface area contributed by atoms with E-state index in [2.05, 4.69) is 13.8 Å². The van der Waals surface area contributed by atoms with E-state index in [9.17, 15) is 8.78 Å². The topological polar surface area (TPSA) is 27.7 Å². The van der Waals surface area contributed by atoms with Gasteiger partial charge in [-0.3, -0.25) is 0 Å². The van der Waals surface area contributed by atoms with Crippen molar-refractivity contribution in [3.8, 4) is 28.0 Å². The van der Waals surface area contributed by atoms with Gasteiger partial charge in [-0.05, 0) is 47.7 Å². The second-order valence-electron chi connectivity index (χ2n) is 9.55. The Morgan fingerprint density at radius 2 is 1.43 bits per heavy atom. The van der Waals surface area contributed by atoms with Gasteiger partial charge >= 0.3 is 0 Å². The van der Waals surface area contributed by atoms with Crippen LogP contribution in [0.3, 0.4) is 0 Å². The van der Waals surface area contributed by atoms with Crippen LogP contribution < -0.4 is 4.74 Å². The first-order chi connectivity index (χ1) is 18.0. The Hall–Kier alpha value is -2.83. The molecule has 37 heavy (non-hydrogen) atoms. The van der Waals surface area contributed by atoms with E-state index in [4.69, 9.17) is 14.2 Å². The molecule has 0 saturated carbocycles. The van der Waals surface area contributed by atoms with Crippen molar-refractivity contribution in [1.82, 2.24) is 0 Å². The lowest BCUT2D eigenvalue weighted by atomic mass is 9.95. The van der Waals surface area contributed by atoms with Gasteiger partial charge in [0.2, 0.25) is 5.82 Å². The first kappa shape index (κ1) is 27.2. The zero-order valence-electron chi connectivity index (χ0n) is 21.6. The van der Waals surface area contributed by atoms with Crippen LogP contribution >= 0.6 is 0 Å². The predicted octanol–water partition coefficient (Wildman–Crippen LogP) is 8.65. The molecule has 1 saturated heterocycles. The van der Waals surface area contributed by atoms with Crippen LogP contribution in [0.2, 0.25) is 0 Å². The van der Waals surface area contributed by atoms with Crippen LogP contribution in [0, 0.1) is 17.5 Å². The molecule has 3 aromatic rings. The van der Waals surface area contributed by atoms with E-state index >= 15 is 4.39 Å². The molecule has 0 spiro atoms. The fourth-order valence-corrected chi connectivity index (χ4v) is 4.56. The van der Waals surface area contributed by atoms with Gasteiger partial charge in [0, 0.05) is 17.0 Å². The van der Waals surface area contributed by atoms with E-state index in [1.54, 1.807) is 30.3 Å². The SMILES string of the molecule is CCCCCCOc1ccc(-c2ccc(-c3ccc(C4COC(CCC)OC4)cc3F)cc2)c(F)c1F. The highest BCUT2D eigenvalue weighted by molar-refractivity contribution is 5.71. The largest absolute Gasteiger partial charge is 0.490 e. The fourth-order valence-electron chi connectivity index (χ4n) is 4.56. The van der Waals surface area contributed by atoms with Gasteiger partial charge in [0.15, 0.2) is 17.9 Å². The summed E-state index contributed by atoms with van der Waals surface area (Å²) in [5, 5.41) is 0. The number of halogens is 3. The molecule has 1 heterocycles. The maximum Gasteiger partial charge on any atom is 0.201 e. The number of ether oxygens (including phenoxy) is 3. The zero-order valence-corrected chi connectivity index (χ0v) is 21.6. The Bertz CT molecular complexity index is 1160. The minimum Gasteiger partial charge on any atom is -0.490 e. The van der Waals surface area contributed by atoms with Crippen molar-refractivity contribution in [2.75, 3.05) is 19.8 Å². The molecule has 1 fully saturated rings. The van der Waals surface area contributed by atoms with E-state index in [1.807, 2.05) is 6.07 Å². The smallest absolute Gasteiger partial charge is 0.201 e. The fraction of sp³-hybridized carbons (Fsp3) is 0.419. The van der Waals surface area contributed by atoms with Crippen molar-refractivity contribution >= 4 is 0 Å². The summed E-state index contributed by atoms with van der Waals surface area (Å²) in [4.78, 5) is 0. The van der Waals surface area contributed by atoms with Crippen molar-refractivity contribution in [1.29, 1.82) is 0 Å². The summed E-state index contributed by atoms with van der Waals surface area (Å²) < 4.78 is 61.4. The van der Waals surface area contributed by atoms with Gasteiger partial charge in [-0.2, -0.15) is 4.39 Å². The molecule has 0 bridgehead atoms. The minimum atomic E-state index is -0.990. The quantitative estimate of drug-likeness (QED) is 0.241. The molecule has 6 heteroatoms. The number of rotatable bonds is 11. The van der Waals surface area contributed by atoms with Gasteiger partial charge < -0.3 is 14.2 Å². The van der Waals surface area contributed by atoms with Gasteiger partial charge in [0.05, 0.1) is 19.8 Å². The maximum atomic E-state index is 15.0. The highest BCUT2D eigenvalue weighted by Crippen LogP contribution is 2.33. The standard InChI is InChI=1S/C31H35F3O3/c1-3-5-6-7-17-35-28-16-15-26(30(33)31(28)34)22-11-9-21(10-12-22)25-14-13-23(18-27(25)32)24-19-36-29(8-4-2)37-20-24/h9-16,18,24,29H,3-8,17,19-20H2,1-2H3. The third-order valence-electron chi connectivity index (χ3n) is 6.76. The summed E-state index contributed by atoms with van der Waals surface area (Å²) in [6.45, 7) is 5.55. The number of hydrogen-bond donors (Lipinski definition) is 0. The average Bonchev–Trinajstić information content (AvgIpc) is 2.92. The molecule has 4 rings (SSSR count). The van der Waals surface area contributed by atoms with E-state index in [1.165, 1.54) is 18.2 Å². The third-order valence-corrected chi connectivity index (χ3v) is 6.76. The van der Waals surface area contributed by atoms with E-state index in [0.717, 1.165) is 44.1 Å². The molecule has 1 aliphatic rings. The maximum absolute atomic E-state index is 15.0. The van der Waals surface area contributed by atoms with Gasteiger partial charge in [0.25, 0.3) is 0 Å². The van der Waals surface area contributed by atoms with Crippen LogP contribution in [0.15, 0.2) is 54.6 Å². The Kier molecular flexibility index (Phi) is 9.64. The van der Waals surface area contributed by atoms with Gasteiger partial charge in [-0.25, -0.2) is 8.78 Å². The lowest BCUT2D eigenvalue weighted by molar-refractivity contribution is -0.189. The highest BCUT2D eigenvalue weighted by atomic mass is 19.2. The second-order valence-corrected chi connectivity index (χ2v) is 9.55. The average molecular weight is 513 g/mol. The molecule has 0 unspecified atom stereocenters. The Morgan fingerprint density at radius 3 is 2.08 bits per heavy atom. The summed E-state index contributed by atoms with van der Waals surface area (Å²) in [7, 11) is 0. The molecule has 1 aliphatic heterocycles. The van der Waals surface area contributed by atoms with Crippen LogP contribution in [0.1, 0.15) is 63.9 Å². The van der Waals surface area contributed by atoms with E-state index in [0.29, 0.717) is 36.5 Å². The minimum absolute atomic E-state index is 0.0137. The molecule has 3 nitrogen and oxygen atoms in total. The predicted molar refractivity (Wildman–Crippen MR) is 140 cm³/mol. The van der Waals surface area contributed by atoms with Crippen molar-refractivity contribution in [3.63, 3.8) is 0 Å². The monoisotopic (exact) mass is 512 g/mol. The zero-order chi connectivity index (χ0) is 26.2. The van der Waals surface area contributed by atoms with Crippen molar-refractivity contribution in [2.24, 2.45) is 0 Å². The first-order valence-electron chi connectivity index (χ1n) is 13.3. The Balaban J connectivity index is 1.43. The van der Waals surface area contributed by atoms with Crippen LogP contribution in [-0.4, -0.2) is 26.1 Å². The van der Waals surface area contributed by atoms with Crippen molar-refractivity contribution in [3.05, 3.63) is 77.6 Å². The van der Waals surface area contributed by atoms with Gasteiger partial charge in [0.1, 0.15) is 5.82 Å². The molecule has 0 amide bonds. The number of benzene rings is 3. The number of unbranched alkanes of at least 4 members (excludes halogenated alkanes) is 3. The molecule has 0 radical (unpaired) electrons. The molecular formula is C31H35F3O3. The summed E-state index contributed by atoms with van der Waals surface area (Å²) in [5.41, 5.74) is 2.56. The van der Waals surface area contributed by atoms with Crippen LogP contribution in [0.4, 0.5) is 13.2 Å². The van der Waals surface area contributed by atoms with Gasteiger partial charge in [-0.1, -0.05) is 75.9 Å². The van der Waals surface area contributed by atoms with Crippen LogP contribution in [-0.2, 0) is 9.47 Å². The highest BCUT2D eigenvalue weighted by Gasteiger charge is 2.24. The lowest BCUT2D eigenvalue weighted by Gasteiger charge is -2.29. The molecule has 0 N–H and O–H groups in total. The molecule has 0 atom stereocenters. The summed E-state index contributed by atoms with van der Waals surface area (Å²) in [6, 6.07) is 14.9. The van der Waals surface area contributed by atoms with E-state index < -0.39 is 11.6 Å². The molecule has 198 valence electrons. The lowest BCUT2D eigenvalue weighted by Crippen LogP contribution is -2.30. The van der Waals surface area contributed by atoms with Crippen molar-refractivity contribution in [2.45, 2.75) is 64.6 Å². The van der Waals surface area contributed by atoms with Crippen LogP contribution in [0.25, 0.3) is 22.3 Å². The summed E-state index contributed by atoms with van der Waals surface area (Å²) >= 11 is 0. The molecule has 0 aliphatic carbocycles. The van der Waals surface area contributed by atoms with Crippen molar-refractivity contribution < 1.29 is 27.4 Å². The molecule has 3 aromatic carbocycles. The summed E-state index contributed by atoms with van der Waals surface area (Å²) in [5.74, 6) is -2.38. The third kappa shape index (κ3) is 6.74. The molecular weight excluding hydrogens is 477 g/mol. The normalized spacial score (nSPS) is 17.6. The number of hydrogen-bond acceptors (Lipinski definition) is 3. The second kappa shape index (κ2) is 13.1. The van der Waals surface area contributed by atoms with E-state index in [-0.39, 0.29) is 29.3 Å². The summed E-state index contributed by atoms with van der Waals surface area (Å²) in [6.07, 6.45) is 5.64. The molecule has 0 aromatic heterocycles.